The second kappa shape index (κ2) is 7.39. The molecule has 2 aromatic rings. The van der Waals surface area contributed by atoms with Crippen molar-refractivity contribution in [3.8, 4) is 5.75 Å². The van der Waals surface area contributed by atoms with Gasteiger partial charge < -0.3 is 10.5 Å². The molecule has 0 heterocycles. The molecule has 0 spiro atoms. The van der Waals surface area contributed by atoms with Gasteiger partial charge >= 0.3 is 0 Å². The van der Waals surface area contributed by atoms with Crippen molar-refractivity contribution in [1.82, 2.24) is 0 Å². The van der Waals surface area contributed by atoms with Crippen molar-refractivity contribution >= 4 is 21.6 Å². The molecule has 1 atom stereocenters. The summed E-state index contributed by atoms with van der Waals surface area (Å²) in [5.41, 5.74) is 11.5. The minimum absolute atomic E-state index is 0.0128. The van der Waals surface area contributed by atoms with E-state index in [1.807, 2.05) is 19.9 Å². The summed E-state index contributed by atoms with van der Waals surface area (Å²) in [5, 5.41) is 0. The summed E-state index contributed by atoms with van der Waals surface area (Å²) >= 11 is 3.57. The van der Waals surface area contributed by atoms with Crippen molar-refractivity contribution in [1.29, 1.82) is 0 Å². The molecule has 0 aliphatic carbocycles. The molecule has 0 aromatic heterocycles. The standard InChI is InChI=1S/C20H26BrNO/c1-12(2)10-16-6-8-17(9-7-16)15(5)23-20-14(4)13(3)19(22)11-18(20)21/h6-9,11-12,15H,10,22H2,1-5H3. The van der Waals surface area contributed by atoms with Crippen LogP contribution in [0.25, 0.3) is 0 Å². The van der Waals surface area contributed by atoms with Crippen LogP contribution in [-0.2, 0) is 6.42 Å². The SMILES string of the molecule is Cc1c(N)cc(Br)c(OC(C)c2ccc(CC(C)C)cc2)c1C. The van der Waals surface area contributed by atoms with E-state index in [1.165, 1.54) is 11.1 Å². The Morgan fingerprint density at radius 2 is 1.65 bits per heavy atom. The lowest BCUT2D eigenvalue weighted by Gasteiger charge is -2.20. The largest absolute Gasteiger partial charge is 0.485 e. The fourth-order valence-corrected chi connectivity index (χ4v) is 3.30. The van der Waals surface area contributed by atoms with Crippen molar-refractivity contribution in [2.24, 2.45) is 5.92 Å². The van der Waals surface area contributed by atoms with Crippen LogP contribution in [0.1, 0.15) is 49.1 Å². The van der Waals surface area contributed by atoms with Gasteiger partial charge in [-0.1, -0.05) is 38.1 Å². The van der Waals surface area contributed by atoms with Gasteiger partial charge in [0, 0.05) is 5.69 Å². The monoisotopic (exact) mass is 375 g/mol. The molecule has 1 unspecified atom stereocenters. The minimum atomic E-state index is -0.0128. The number of halogens is 1. The highest BCUT2D eigenvalue weighted by Crippen LogP contribution is 2.37. The predicted octanol–water partition coefficient (Wildman–Crippen LogP) is 5.99. The van der Waals surface area contributed by atoms with Crippen LogP contribution in [0.4, 0.5) is 5.69 Å². The molecule has 124 valence electrons. The highest BCUT2D eigenvalue weighted by atomic mass is 79.9. The number of ether oxygens (including phenoxy) is 1. The fourth-order valence-electron chi connectivity index (χ4n) is 2.66. The maximum atomic E-state index is 6.22. The second-order valence-corrected chi connectivity index (χ2v) is 7.48. The summed E-state index contributed by atoms with van der Waals surface area (Å²) < 4.78 is 7.12. The van der Waals surface area contributed by atoms with E-state index in [1.54, 1.807) is 0 Å². The topological polar surface area (TPSA) is 35.2 Å². The molecule has 0 saturated heterocycles. The van der Waals surface area contributed by atoms with Crippen LogP contribution >= 0.6 is 15.9 Å². The Labute approximate surface area is 148 Å². The fraction of sp³-hybridized carbons (Fsp3) is 0.400. The van der Waals surface area contributed by atoms with E-state index in [0.29, 0.717) is 5.92 Å². The highest BCUT2D eigenvalue weighted by Gasteiger charge is 2.15. The van der Waals surface area contributed by atoms with E-state index in [0.717, 1.165) is 33.5 Å². The van der Waals surface area contributed by atoms with E-state index in [2.05, 4.69) is 61.0 Å². The predicted molar refractivity (Wildman–Crippen MR) is 102 cm³/mol. The second-order valence-electron chi connectivity index (χ2n) is 6.63. The summed E-state index contributed by atoms with van der Waals surface area (Å²) in [6.07, 6.45) is 1.10. The van der Waals surface area contributed by atoms with Gasteiger partial charge in [-0.2, -0.15) is 0 Å². The van der Waals surface area contributed by atoms with Gasteiger partial charge in [0.1, 0.15) is 11.9 Å². The molecule has 0 saturated carbocycles. The van der Waals surface area contributed by atoms with Gasteiger partial charge in [-0.15, -0.1) is 0 Å². The van der Waals surface area contributed by atoms with Gasteiger partial charge in [0.05, 0.1) is 4.47 Å². The summed E-state index contributed by atoms with van der Waals surface area (Å²) in [7, 11) is 0. The zero-order chi connectivity index (χ0) is 17.1. The molecule has 3 heteroatoms. The summed E-state index contributed by atoms with van der Waals surface area (Å²) in [5.74, 6) is 1.54. The van der Waals surface area contributed by atoms with Gasteiger partial charge in [-0.05, 0) is 77.4 Å². The van der Waals surface area contributed by atoms with Crippen LogP contribution in [-0.4, -0.2) is 0 Å². The summed E-state index contributed by atoms with van der Waals surface area (Å²) in [4.78, 5) is 0. The van der Waals surface area contributed by atoms with Crippen LogP contribution in [0.3, 0.4) is 0 Å². The Morgan fingerprint density at radius 1 is 1.04 bits per heavy atom. The van der Waals surface area contributed by atoms with Crippen molar-refractivity contribution < 1.29 is 4.74 Å². The number of benzene rings is 2. The third-order valence-electron chi connectivity index (χ3n) is 4.22. The number of rotatable bonds is 5. The smallest absolute Gasteiger partial charge is 0.137 e. The average molecular weight is 376 g/mol. The lowest BCUT2D eigenvalue weighted by Crippen LogP contribution is -2.06. The molecule has 2 nitrogen and oxygen atoms in total. The van der Waals surface area contributed by atoms with Crippen molar-refractivity contribution in [3.05, 3.63) is 57.1 Å². The lowest BCUT2D eigenvalue weighted by molar-refractivity contribution is 0.223. The van der Waals surface area contributed by atoms with Crippen LogP contribution in [0, 0.1) is 19.8 Å². The van der Waals surface area contributed by atoms with Crippen molar-refractivity contribution in [2.45, 2.75) is 47.1 Å². The van der Waals surface area contributed by atoms with Crippen molar-refractivity contribution in [2.75, 3.05) is 5.73 Å². The molecule has 0 bridgehead atoms. The van der Waals surface area contributed by atoms with Gasteiger partial charge in [0.2, 0.25) is 0 Å². The van der Waals surface area contributed by atoms with Gasteiger partial charge in [0.25, 0.3) is 0 Å². The molecule has 23 heavy (non-hydrogen) atoms. The number of hydrogen-bond acceptors (Lipinski definition) is 2. The molecular weight excluding hydrogens is 350 g/mol. The van der Waals surface area contributed by atoms with E-state index in [9.17, 15) is 0 Å². The van der Waals surface area contributed by atoms with Crippen LogP contribution in [0.5, 0.6) is 5.75 Å². The Kier molecular flexibility index (Phi) is 5.74. The van der Waals surface area contributed by atoms with Crippen LogP contribution in [0.2, 0.25) is 0 Å². The lowest BCUT2D eigenvalue weighted by atomic mass is 10.0. The quantitative estimate of drug-likeness (QED) is 0.651. The maximum Gasteiger partial charge on any atom is 0.137 e. The first kappa shape index (κ1) is 17.9. The van der Waals surface area contributed by atoms with E-state index >= 15 is 0 Å². The Balaban J connectivity index is 2.19. The number of anilines is 1. The van der Waals surface area contributed by atoms with Crippen molar-refractivity contribution in [3.63, 3.8) is 0 Å². The molecule has 0 radical (unpaired) electrons. The summed E-state index contributed by atoms with van der Waals surface area (Å²) in [6.45, 7) is 10.6. The van der Waals surface area contributed by atoms with E-state index in [-0.39, 0.29) is 6.10 Å². The zero-order valence-corrected chi connectivity index (χ0v) is 16.2. The average Bonchev–Trinajstić information content (AvgIpc) is 2.49. The van der Waals surface area contributed by atoms with E-state index < -0.39 is 0 Å². The molecule has 0 fully saturated rings. The Morgan fingerprint density at radius 3 is 2.22 bits per heavy atom. The molecule has 2 rings (SSSR count). The Bertz CT molecular complexity index is 677. The molecule has 0 amide bonds. The third-order valence-corrected chi connectivity index (χ3v) is 4.81. The van der Waals surface area contributed by atoms with Crippen LogP contribution < -0.4 is 10.5 Å². The molecular formula is C20H26BrNO. The Hall–Kier alpha value is -1.48. The molecule has 2 aromatic carbocycles. The first-order chi connectivity index (χ1) is 10.8. The molecule has 0 aliphatic rings. The highest BCUT2D eigenvalue weighted by molar-refractivity contribution is 9.10. The summed E-state index contributed by atoms with van der Waals surface area (Å²) in [6, 6.07) is 10.6. The first-order valence-corrected chi connectivity index (χ1v) is 8.89. The number of nitrogen functional groups attached to an aromatic ring is 1. The molecule has 2 N–H and O–H groups in total. The first-order valence-electron chi connectivity index (χ1n) is 8.10. The van der Waals surface area contributed by atoms with Crippen LogP contribution in [0.15, 0.2) is 34.8 Å². The normalized spacial score (nSPS) is 12.5. The van der Waals surface area contributed by atoms with E-state index in [4.69, 9.17) is 10.5 Å². The number of nitrogens with two attached hydrogens (primary N) is 1. The number of hydrogen-bond donors (Lipinski definition) is 1. The maximum absolute atomic E-state index is 6.22. The minimum Gasteiger partial charge on any atom is -0.485 e. The molecule has 0 aliphatic heterocycles. The van der Waals surface area contributed by atoms with Gasteiger partial charge in [-0.25, -0.2) is 0 Å². The zero-order valence-electron chi connectivity index (χ0n) is 14.6. The van der Waals surface area contributed by atoms with Gasteiger partial charge in [0.15, 0.2) is 0 Å². The van der Waals surface area contributed by atoms with Gasteiger partial charge in [-0.3, -0.25) is 0 Å². The third kappa shape index (κ3) is 4.29.